The lowest BCUT2D eigenvalue weighted by Crippen LogP contribution is -2.36. The molecule has 0 aliphatic carbocycles. The molecule has 0 unspecified atom stereocenters. The van der Waals surface area contributed by atoms with E-state index in [0.29, 0.717) is 11.7 Å². The summed E-state index contributed by atoms with van der Waals surface area (Å²) >= 11 is 1.84. The van der Waals surface area contributed by atoms with E-state index in [0.717, 1.165) is 18.6 Å². The standard InChI is InChI=1S/C10H17N4O3S/c11-14(17)8(15)4-2-1-3-7-9-6(5-18-7)12-10(16)13-9/h6-7,9H,1-5,11H2,(H2,12,13,16)/q-1/t6-,7-,9-/m0/s1. The molecule has 2 aliphatic rings. The molecule has 2 heterocycles. The number of hydrazine groups is 1. The average Bonchev–Trinajstić information content (AvgIpc) is 2.84. The van der Waals surface area contributed by atoms with Crippen LogP contribution in [0.15, 0.2) is 0 Å². The highest BCUT2D eigenvalue weighted by Crippen LogP contribution is 2.33. The number of hydrogen-bond acceptors (Lipinski definition) is 5. The van der Waals surface area contributed by atoms with E-state index in [4.69, 9.17) is 5.84 Å². The van der Waals surface area contributed by atoms with Crippen molar-refractivity contribution >= 4 is 23.7 Å². The monoisotopic (exact) mass is 273 g/mol. The first-order chi connectivity index (χ1) is 8.58. The molecule has 0 aromatic heterocycles. The van der Waals surface area contributed by atoms with E-state index in [1.54, 1.807) is 0 Å². The Morgan fingerprint density at radius 2 is 2.28 bits per heavy atom. The van der Waals surface area contributed by atoms with Gasteiger partial charge in [-0.3, -0.25) is 10.6 Å². The number of hydrogen-bond donors (Lipinski definition) is 3. The fourth-order valence-electron chi connectivity index (χ4n) is 2.37. The minimum atomic E-state index is -0.581. The Balaban J connectivity index is 1.66. The number of amides is 3. The maximum atomic E-state index is 11.2. The fraction of sp³-hybridized carbons (Fsp3) is 0.800. The van der Waals surface area contributed by atoms with E-state index in [1.165, 1.54) is 0 Å². The Labute approximate surface area is 109 Å². The lowest BCUT2D eigenvalue weighted by molar-refractivity contribution is -0.129. The van der Waals surface area contributed by atoms with Crippen LogP contribution in [0.1, 0.15) is 25.7 Å². The van der Waals surface area contributed by atoms with Gasteiger partial charge in [-0.2, -0.15) is 11.8 Å². The molecule has 18 heavy (non-hydrogen) atoms. The first-order valence-electron chi connectivity index (χ1n) is 6.01. The molecule has 3 atom stereocenters. The van der Waals surface area contributed by atoms with E-state index in [9.17, 15) is 14.8 Å². The van der Waals surface area contributed by atoms with Crippen LogP contribution in [0.2, 0.25) is 0 Å². The largest absolute Gasteiger partial charge is 0.741 e. The number of carbonyl (C=O) groups is 2. The topological polar surface area (TPSA) is 111 Å². The van der Waals surface area contributed by atoms with Crippen LogP contribution in [0.3, 0.4) is 0 Å². The Kier molecular flexibility index (Phi) is 4.31. The number of nitrogens with zero attached hydrogens (tertiary/aromatic N) is 1. The van der Waals surface area contributed by atoms with E-state index in [2.05, 4.69) is 10.6 Å². The Hall–Kier alpha value is -0.990. The number of fused-ring (bicyclic) bond motifs is 1. The van der Waals surface area contributed by atoms with Crippen molar-refractivity contribution in [2.24, 2.45) is 5.84 Å². The van der Waals surface area contributed by atoms with E-state index < -0.39 is 5.91 Å². The van der Waals surface area contributed by atoms with Crippen LogP contribution < -0.4 is 16.5 Å². The molecular formula is C10H17N4O3S-. The van der Waals surface area contributed by atoms with Crippen LogP contribution in [-0.2, 0) is 4.79 Å². The van der Waals surface area contributed by atoms with Crippen molar-refractivity contribution in [1.82, 2.24) is 15.8 Å². The lowest BCUT2D eigenvalue weighted by Gasteiger charge is -2.21. The molecule has 2 rings (SSSR count). The van der Waals surface area contributed by atoms with Crippen LogP contribution in [-0.4, -0.2) is 40.2 Å². The van der Waals surface area contributed by atoms with E-state index in [-0.39, 0.29) is 29.7 Å². The second-order valence-electron chi connectivity index (χ2n) is 4.59. The summed E-state index contributed by atoms with van der Waals surface area (Å²) in [6.07, 6.45) is 2.64. The zero-order valence-electron chi connectivity index (χ0n) is 9.93. The van der Waals surface area contributed by atoms with Gasteiger partial charge in [0.15, 0.2) is 0 Å². The van der Waals surface area contributed by atoms with Crippen LogP contribution in [0.5, 0.6) is 0 Å². The first kappa shape index (κ1) is 13.4. The van der Waals surface area contributed by atoms with Gasteiger partial charge in [0.25, 0.3) is 0 Å². The summed E-state index contributed by atoms with van der Waals surface area (Å²) in [5.74, 6) is 5.15. The van der Waals surface area contributed by atoms with Gasteiger partial charge in [-0.25, -0.2) is 4.79 Å². The van der Waals surface area contributed by atoms with Gasteiger partial charge in [0.2, 0.25) is 5.91 Å². The second-order valence-corrected chi connectivity index (χ2v) is 5.86. The third-order valence-electron chi connectivity index (χ3n) is 3.31. The minimum Gasteiger partial charge on any atom is -0.741 e. The van der Waals surface area contributed by atoms with E-state index >= 15 is 0 Å². The second kappa shape index (κ2) is 5.77. The van der Waals surface area contributed by atoms with Crippen LogP contribution in [0, 0.1) is 5.21 Å². The summed E-state index contributed by atoms with van der Waals surface area (Å²) in [6, 6.07) is 0.342. The summed E-state index contributed by atoms with van der Waals surface area (Å²) in [5, 5.41) is 16.5. The average molecular weight is 273 g/mol. The van der Waals surface area contributed by atoms with Crippen molar-refractivity contribution in [3.8, 4) is 0 Å². The maximum absolute atomic E-state index is 11.2. The lowest BCUT2D eigenvalue weighted by atomic mass is 10.0. The molecule has 4 N–H and O–H groups in total. The molecular weight excluding hydrogens is 256 g/mol. The zero-order valence-corrected chi connectivity index (χ0v) is 10.7. The molecule has 3 amide bonds. The van der Waals surface area contributed by atoms with Crippen molar-refractivity contribution < 1.29 is 9.59 Å². The number of hydroxylamine groups is 1. The molecule has 0 bridgehead atoms. The molecule has 0 aromatic rings. The van der Waals surface area contributed by atoms with Gasteiger partial charge >= 0.3 is 6.03 Å². The molecule has 2 fully saturated rings. The predicted molar refractivity (Wildman–Crippen MR) is 68.4 cm³/mol. The van der Waals surface area contributed by atoms with Gasteiger partial charge in [0.1, 0.15) is 0 Å². The van der Waals surface area contributed by atoms with Gasteiger partial charge in [0, 0.05) is 17.4 Å². The summed E-state index contributed by atoms with van der Waals surface area (Å²) in [4.78, 5) is 22.1. The third-order valence-corrected chi connectivity index (χ3v) is 4.82. The fourth-order valence-corrected chi connectivity index (χ4v) is 3.92. The van der Waals surface area contributed by atoms with Crippen LogP contribution in [0.25, 0.3) is 0 Å². The zero-order chi connectivity index (χ0) is 13.1. The minimum absolute atomic E-state index is 0.0874. The molecule has 7 nitrogen and oxygen atoms in total. The molecule has 8 heteroatoms. The van der Waals surface area contributed by atoms with Gasteiger partial charge in [-0.1, -0.05) is 6.42 Å². The third kappa shape index (κ3) is 3.06. The van der Waals surface area contributed by atoms with Crippen molar-refractivity contribution in [3.63, 3.8) is 0 Å². The Morgan fingerprint density at radius 1 is 1.50 bits per heavy atom. The highest BCUT2D eigenvalue weighted by atomic mass is 32.2. The Bertz CT molecular complexity index is 339. The van der Waals surface area contributed by atoms with Gasteiger partial charge in [-0.05, 0) is 12.8 Å². The van der Waals surface area contributed by atoms with Crippen molar-refractivity contribution in [1.29, 1.82) is 0 Å². The number of urea groups is 1. The molecule has 2 saturated heterocycles. The van der Waals surface area contributed by atoms with Crippen molar-refractivity contribution in [3.05, 3.63) is 5.21 Å². The molecule has 0 aromatic carbocycles. The van der Waals surface area contributed by atoms with Gasteiger partial charge < -0.3 is 21.0 Å². The maximum Gasteiger partial charge on any atom is 0.315 e. The molecule has 0 saturated carbocycles. The Morgan fingerprint density at radius 3 is 3.00 bits per heavy atom. The number of rotatable bonds is 5. The van der Waals surface area contributed by atoms with Gasteiger partial charge in [-0.15, -0.1) is 0 Å². The number of nitrogens with one attached hydrogen (secondary N) is 2. The predicted octanol–water partition coefficient (Wildman–Crippen LogP) is -0.0877. The molecule has 0 radical (unpaired) electrons. The smallest absolute Gasteiger partial charge is 0.315 e. The van der Waals surface area contributed by atoms with Crippen molar-refractivity contribution in [2.75, 3.05) is 5.75 Å². The van der Waals surface area contributed by atoms with Crippen LogP contribution >= 0.6 is 11.8 Å². The highest BCUT2D eigenvalue weighted by molar-refractivity contribution is 8.00. The SMILES string of the molecule is NN([O-])C(=O)CCCC[C@@H]1SC[C@@H]2NC(=O)N[C@@H]21. The summed E-state index contributed by atoms with van der Waals surface area (Å²) in [7, 11) is 0. The van der Waals surface area contributed by atoms with E-state index in [1.807, 2.05) is 11.8 Å². The summed E-state index contributed by atoms with van der Waals surface area (Å²) in [5.41, 5.74) is 0. The first-order valence-corrected chi connectivity index (χ1v) is 7.06. The van der Waals surface area contributed by atoms with Crippen molar-refractivity contribution in [2.45, 2.75) is 43.0 Å². The number of thioether (sulfide) groups is 1. The molecule has 2 aliphatic heterocycles. The normalized spacial score (nSPS) is 29.7. The summed E-state index contributed by atoms with van der Waals surface area (Å²) in [6.45, 7) is 0. The summed E-state index contributed by atoms with van der Waals surface area (Å²) < 4.78 is 0. The number of carbonyl (C=O) groups excluding carboxylic acids is 2. The molecule has 102 valence electrons. The quantitative estimate of drug-likeness (QED) is 0.213. The number of nitrogens with two attached hydrogens (primary N) is 1. The highest BCUT2D eigenvalue weighted by Gasteiger charge is 2.42. The molecule has 0 spiro atoms. The number of unbranched alkanes of at least 4 members (excludes halogenated alkanes) is 1. The van der Waals surface area contributed by atoms with Crippen LogP contribution in [0.4, 0.5) is 4.79 Å². The van der Waals surface area contributed by atoms with Gasteiger partial charge in [0.05, 0.1) is 12.1 Å².